The topological polar surface area (TPSA) is 9.23 Å². The second-order valence-corrected chi connectivity index (χ2v) is 6.28. The molecule has 0 heterocycles. The monoisotopic (exact) mass is 348 g/mol. The molecule has 114 valence electrons. The SMILES string of the molecule is BrCCCCCCCCCOc1cccc2ccccc12. The highest BCUT2D eigenvalue weighted by atomic mass is 79.9. The van der Waals surface area contributed by atoms with Crippen molar-refractivity contribution >= 4 is 26.7 Å². The van der Waals surface area contributed by atoms with Crippen LogP contribution in [0.5, 0.6) is 5.75 Å². The minimum Gasteiger partial charge on any atom is -0.493 e. The first kappa shape index (κ1) is 16.4. The minimum atomic E-state index is 0.829. The third-order valence-corrected chi connectivity index (χ3v) is 4.35. The molecule has 0 atom stereocenters. The molecule has 2 rings (SSSR count). The quantitative estimate of drug-likeness (QED) is 0.359. The zero-order chi connectivity index (χ0) is 14.8. The fraction of sp³-hybridized carbons (Fsp3) is 0.474. The van der Waals surface area contributed by atoms with Gasteiger partial charge in [-0.2, -0.15) is 0 Å². The number of hydrogen-bond donors (Lipinski definition) is 0. The summed E-state index contributed by atoms with van der Waals surface area (Å²) < 4.78 is 5.96. The minimum absolute atomic E-state index is 0.829. The lowest BCUT2D eigenvalue weighted by molar-refractivity contribution is 0.307. The van der Waals surface area contributed by atoms with Gasteiger partial charge in [0.15, 0.2) is 0 Å². The van der Waals surface area contributed by atoms with Crippen molar-refractivity contribution in [3.8, 4) is 5.75 Å². The van der Waals surface area contributed by atoms with E-state index in [1.165, 1.54) is 49.3 Å². The van der Waals surface area contributed by atoms with Crippen molar-refractivity contribution in [3.05, 3.63) is 42.5 Å². The fourth-order valence-corrected chi connectivity index (χ4v) is 2.98. The van der Waals surface area contributed by atoms with Gasteiger partial charge in [-0.25, -0.2) is 0 Å². The largest absolute Gasteiger partial charge is 0.493 e. The Balaban J connectivity index is 1.64. The van der Waals surface area contributed by atoms with E-state index in [0.717, 1.165) is 24.1 Å². The molecule has 0 fully saturated rings. The molecule has 0 saturated heterocycles. The van der Waals surface area contributed by atoms with Crippen molar-refractivity contribution in [2.75, 3.05) is 11.9 Å². The maximum Gasteiger partial charge on any atom is 0.127 e. The van der Waals surface area contributed by atoms with Gasteiger partial charge in [0.1, 0.15) is 5.75 Å². The Morgan fingerprint density at radius 3 is 2.19 bits per heavy atom. The van der Waals surface area contributed by atoms with Crippen LogP contribution in [-0.4, -0.2) is 11.9 Å². The summed E-state index contributed by atoms with van der Waals surface area (Å²) in [7, 11) is 0. The van der Waals surface area contributed by atoms with Gasteiger partial charge in [0, 0.05) is 10.7 Å². The second-order valence-electron chi connectivity index (χ2n) is 5.49. The molecule has 0 aliphatic rings. The van der Waals surface area contributed by atoms with E-state index in [1.807, 2.05) is 0 Å². The van der Waals surface area contributed by atoms with Crippen molar-refractivity contribution in [2.45, 2.75) is 44.9 Å². The normalized spacial score (nSPS) is 10.9. The molecule has 0 aliphatic carbocycles. The van der Waals surface area contributed by atoms with Crippen LogP contribution in [-0.2, 0) is 0 Å². The van der Waals surface area contributed by atoms with Gasteiger partial charge in [0.2, 0.25) is 0 Å². The van der Waals surface area contributed by atoms with Crippen LogP contribution in [0.4, 0.5) is 0 Å². The van der Waals surface area contributed by atoms with E-state index in [9.17, 15) is 0 Å². The van der Waals surface area contributed by atoms with Gasteiger partial charge in [-0.05, 0) is 24.3 Å². The Morgan fingerprint density at radius 1 is 0.714 bits per heavy atom. The van der Waals surface area contributed by atoms with Crippen LogP contribution in [0.3, 0.4) is 0 Å². The summed E-state index contributed by atoms with van der Waals surface area (Å²) in [4.78, 5) is 0. The molecule has 0 amide bonds. The van der Waals surface area contributed by atoms with E-state index in [4.69, 9.17) is 4.74 Å². The second kappa shape index (κ2) is 9.83. The van der Waals surface area contributed by atoms with Gasteiger partial charge in [0.25, 0.3) is 0 Å². The summed E-state index contributed by atoms with van der Waals surface area (Å²) in [6.07, 6.45) is 9.17. The van der Waals surface area contributed by atoms with E-state index in [-0.39, 0.29) is 0 Å². The van der Waals surface area contributed by atoms with Crippen molar-refractivity contribution in [1.29, 1.82) is 0 Å². The van der Waals surface area contributed by atoms with Crippen LogP contribution >= 0.6 is 15.9 Å². The number of ether oxygens (including phenoxy) is 1. The molecule has 0 N–H and O–H groups in total. The lowest BCUT2D eigenvalue weighted by Gasteiger charge is -2.09. The molecular formula is C19H25BrO. The lowest BCUT2D eigenvalue weighted by atomic mass is 10.1. The molecule has 0 unspecified atom stereocenters. The van der Waals surface area contributed by atoms with E-state index < -0.39 is 0 Å². The molecule has 0 aliphatic heterocycles. The zero-order valence-electron chi connectivity index (χ0n) is 12.7. The first-order valence-corrected chi connectivity index (χ1v) is 9.20. The van der Waals surface area contributed by atoms with Gasteiger partial charge in [-0.15, -0.1) is 0 Å². The van der Waals surface area contributed by atoms with Crippen LogP contribution in [0.15, 0.2) is 42.5 Å². The average molecular weight is 349 g/mol. The lowest BCUT2D eigenvalue weighted by Crippen LogP contribution is -1.97. The number of halogens is 1. The van der Waals surface area contributed by atoms with E-state index in [0.29, 0.717) is 0 Å². The molecule has 2 aromatic carbocycles. The summed E-state index contributed by atoms with van der Waals surface area (Å²) in [5, 5.41) is 3.61. The highest BCUT2D eigenvalue weighted by Crippen LogP contribution is 2.25. The third kappa shape index (κ3) is 5.70. The molecule has 0 radical (unpaired) electrons. The average Bonchev–Trinajstić information content (AvgIpc) is 2.53. The number of rotatable bonds is 10. The number of unbranched alkanes of at least 4 members (excludes halogenated alkanes) is 6. The molecule has 0 bridgehead atoms. The molecule has 1 nitrogen and oxygen atoms in total. The summed E-state index contributed by atoms with van der Waals surface area (Å²) >= 11 is 3.48. The summed E-state index contributed by atoms with van der Waals surface area (Å²) in [6, 6.07) is 14.7. The van der Waals surface area contributed by atoms with Crippen LogP contribution in [0.2, 0.25) is 0 Å². The van der Waals surface area contributed by atoms with Crippen molar-refractivity contribution in [3.63, 3.8) is 0 Å². The smallest absolute Gasteiger partial charge is 0.127 e. The maximum atomic E-state index is 5.96. The van der Waals surface area contributed by atoms with Crippen LogP contribution in [0, 0.1) is 0 Å². The van der Waals surface area contributed by atoms with Gasteiger partial charge < -0.3 is 4.74 Å². The van der Waals surface area contributed by atoms with Crippen molar-refractivity contribution in [2.24, 2.45) is 0 Å². The fourth-order valence-electron chi connectivity index (χ4n) is 2.58. The summed E-state index contributed by atoms with van der Waals surface area (Å²) in [5.74, 6) is 1.02. The summed E-state index contributed by atoms with van der Waals surface area (Å²) in [6.45, 7) is 0.829. The maximum absolute atomic E-state index is 5.96. The number of fused-ring (bicyclic) bond motifs is 1. The van der Waals surface area contributed by atoms with Crippen LogP contribution < -0.4 is 4.74 Å². The first-order valence-electron chi connectivity index (χ1n) is 8.08. The number of hydrogen-bond acceptors (Lipinski definition) is 1. The Labute approximate surface area is 136 Å². The Kier molecular flexibility index (Phi) is 7.66. The summed E-state index contributed by atoms with van der Waals surface area (Å²) in [5.41, 5.74) is 0. The van der Waals surface area contributed by atoms with E-state index in [1.54, 1.807) is 0 Å². The third-order valence-electron chi connectivity index (χ3n) is 3.79. The molecule has 21 heavy (non-hydrogen) atoms. The van der Waals surface area contributed by atoms with Gasteiger partial charge in [0.05, 0.1) is 6.61 Å². The molecule has 2 aromatic rings. The van der Waals surface area contributed by atoms with Gasteiger partial charge in [-0.1, -0.05) is 84.4 Å². The highest BCUT2D eigenvalue weighted by Gasteiger charge is 2.00. The number of alkyl halides is 1. The molecule has 0 spiro atoms. The van der Waals surface area contributed by atoms with Gasteiger partial charge >= 0.3 is 0 Å². The molecule has 2 heteroatoms. The van der Waals surface area contributed by atoms with Crippen molar-refractivity contribution in [1.82, 2.24) is 0 Å². The Bertz CT molecular complexity index is 518. The predicted octanol–water partition coefficient (Wildman–Crippen LogP) is 6.34. The van der Waals surface area contributed by atoms with Gasteiger partial charge in [-0.3, -0.25) is 0 Å². The molecule has 0 saturated carbocycles. The highest BCUT2D eigenvalue weighted by molar-refractivity contribution is 9.09. The first-order chi connectivity index (χ1) is 10.4. The Morgan fingerprint density at radius 2 is 1.38 bits per heavy atom. The standard InChI is InChI=1S/C19H25BrO/c20-15-8-4-2-1-3-5-9-16-21-19-14-10-12-17-11-6-7-13-18(17)19/h6-7,10-14H,1-5,8-9,15-16H2. The molecular weight excluding hydrogens is 324 g/mol. The van der Waals surface area contributed by atoms with E-state index in [2.05, 4.69) is 58.4 Å². The van der Waals surface area contributed by atoms with Crippen LogP contribution in [0.1, 0.15) is 44.9 Å². The predicted molar refractivity (Wildman–Crippen MR) is 95.6 cm³/mol. The molecule has 0 aromatic heterocycles. The number of benzene rings is 2. The van der Waals surface area contributed by atoms with E-state index >= 15 is 0 Å². The zero-order valence-corrected chi connectivity index (χ0v) is 14.3. The Hall–Kier alpha value is -1.02. The van der Waals surface area contributed by atoms with Crippen molar-refractivity contribution < 1.29 is 4.74 Å². The van der Waals surface area contributed by atoms with Crippen LogP contribution in [0.25, 0.3) is 10.8 Å².